The zero-order valence-electron chi connectivity index (χ0n) is 8.67. The molecule has 0 aliphatic carbocycles. The molecular weight excluding hydrogens is 244 g/mol. The van der Waals surface area contributed by atoms with E-state index in [2.05, 4.69) is 15.9 Å². The van der Waals surface area contributed by atoms with Gasteiger partial charge >= 0.3 is 0 Å². The van der Waals surface area contributed by atoms with E-state index in [1.807, 2.05) is 18.2 Å². The van der Waals surface area contributed by atoms with Gasteiger partial charge in [0.25, 0.3) is 0 Å². The van der Waals surface area contributed by atoms with Gasteiger partial charge < -0.3 is 9.84 Å². The van der Waals surface area contributed by atoms with E-state index in [0.29, 0.717) is 6.61 Å². The van der Waals surface area contributed by atoms with Gasteiger partial charge in [-0.2, -0.15) is 0 Å². The average Bonchev–Trinajstić information content (AvgIpc) is 2.07. The lowest BCUT2D eigenvalue weighted by Crippen LogP contribution is -2.18. The molecule has 0 heterocycles. The Morgan fingerprint density at radius 1 is 1.43 bits per heavy atom. The van der Waals surface area contributed by atoms with Crippen molar-refractivity contribution in [2.45, 2.75) is 26.1 Å². The first-order valence-electron chi connectivity index (χ1n) is 4.45. The fourth-order valence-corrected chi connectivity index (χ4v) is 1.76. The Bertz CT molecular complexity index is 316. The number of hydrogen-bond acceptors (Lipinski definition) is 2. The summed E-state index contributed by atoms with van der Waals surface area (Å²) in [6, 6.07) is 5.83. The van der Waals surface area contributed by atoms with E-state index in [1.165, 1.54) is 0 Å². The molecule has 0 saturated heterocycles. The highest BCUT2D eigenvalue weighted by atomic mass is 79.9. The van der Waals surface area contributed by atoms with Crippen LogP contribution >= 0.6 is 15.9 Å². The minimum absolute atomic E-state index is 0.520. The van der Waals surface area contributed by atoms with Crippen molar-refractivity contribution in [3.63, 3.8) is 0 Å². The monoisotopic (exact) mass is 258 g/mol. The van der Waals surface area contributed by atoms with Crippen molar-refractivity contribution in [1.29, 1.82) is 0 Å². The van der Waals surface area contributed by atoms with Crippen LogP contribution in [-0.2, 0) is 16.9 Å². The van der Waals surface area contributed by atoms with Gasteiger partial charge in [-0.3, -0.25) is 0 Å². The summed E-state index contributed by atoms with van der Waals surface area (Å²) in [7, 11) is 1.65. The van der Waals surface area contributed by atoms with Crippen LogP contribution in [0.4, 0.5) is 0 Å². The minimum Gasteiger partial charge on any atom is -0.386 e. The third-order valence-corrected chi connectivity index (χ3v) is 2.52. The predicted molar refractivity (Wildman–Crippen MR) is 60.1 cm³/mol. The molecule has 0 fully saturated rings. The van der Waals surface area contributed by atoms with Crippen LogP contribution in [0.15, 0.2) is 22.7 Å². The number of halogens is 1. The highest BCUT2D eigenvalue weighted by Crippen LogP contribution is 2.27. The second-order valence-electron chi connectivity index (χ2n) is 3.79. The SMILES string of the molecule is COCc1ccc(Br)cc1C(C)(C)O. The van der Waals surface area contributed by atoms with Gasteiger partial charge in [-0.15, -0.1) is 0 Å². The normalized spacial score (nSPS) is 11.8. The topological polar surface area (TPSA) is 29.5 Å². The van der Waals surface area contributed by atoms with Gasteiger partial charge in [0.1, 0.15) is 0 Å². The van der Waals surface area contributed by atoms with Crippen molar-refractivity contribution in [3.8, 4) is 0 Å². The third-order valence-electron chi connectivity index (χ3n) is 2.03. The summed E-state index contributed by atoms with van der Waals surface area (Å²) in [6.07, 6.45) is 0. The first-order valence-corrected chi connectivity index (χ1v) is 5.24. The van der Waals surface area contributed by atoms with E-state index in [4.69, 9.17) is 4.74 Å². The van der Waals surface area contributed by atoms with Gasteiger partial charge in [0.05, 0.1) is 12.2 Å². The molecule has 0 spiro atoms. The Kier molecular flexibility index (Phi) is 3.70. The van der Waals surface area contributed by atoms with Crippen LogP contribution in [0, 0.1) is 0 Å². The van der Waals surface area contributed by atoms with Crippen LogP contribution in [0.3, 0.4) is 0 Å². The molecule has 1 aromatic carbocycles. The molecule has 78 valence electrons. The van der Waals surface area contributed by atoms with Gasteiger partial charge in [0.2, 0.25) is 0 Å². The summed E-state index contributed by atoms with van der Waals surface area (Å²) >= 11 is 3.39. The lowest BCUT2D eigenvalue weighted by molar-refractivity contribution is 0.0746. The Morgan fingerprint density at radius 2 is 2.07 bits per heavy atom. The molecule has 1 rings (SSSR count). The molecule has 0 unspecified atom stereocenters. The molecule has 2 nitrogen and oxygen atoms in total. The van der Waals surface area contributed by atoms with Gasteiger partial charge in [0.15, 0.2) is 0 Å². The predicted octanol–water partition coefficient (Wildman–Crippen LogP) is 2.82. The summed E-state index contributed by atoms with van der Waals surface area (Å²) in [4.78, 5) is 0. The molecule has 0 saturated carbocycles. The lowest BCUT2D eigenvalue weighted by atomic mass is 9.93. The number of benzene rings is 1. The average molecular weight is 259 g/mol. The first-order chi connectivity index (χ1) is 6.45. The molecule has 1 aromatic rings. The molecule has 0 bridgehead atoms. The third kappa shape index (κ3) is 2.80. The summed E-state index contributed by atoms with van der Waals surface area (Å²) in [5.74, 6) is 0. The summed E-state index contributed by atoms with van der Waals surface area (Å²) < 4.78 is 6.04. The van der Waals surface area contributed by atoms with Gasteiger partial charge in [-0.25, -0.2) is 0 Å². The van der Waals surface area contributed by atoms with E-state index in [9.17, 15) is 5.11 Å². The van der Waals surface area contributed by atoms with Crippen LogP contribution in [0.5, 0.6) is 0 Å². The Balaban J connectivity index is 3.16. The Hall–Kier alpha value is -0.380. The molecule has 0 amide bonds. The smallest absolute Gasteiger partial charge is 0.0844 e. The molecule has 0 aliphatic rings. The summed E-state index contributed by atoms with van der Waals surface area (Å²) in [5, 5.41) is 9.94. The second-order valence-corrected chi connectivity index (χ2v) is 4.71. The molecular formula is C11H15BrO2. The van der Waals surface area contributed by atoms with Crippen LogP contribution in [0.1, 0.15) is 25.0 Å². The van der Waals surface area contributed by atoms with E-state index < -0.39 is 5.60 Å². The largest absolute Gasteiger partial charge is 0.386 e. The summed E-state index contributed by atoms with van der Waals surface area (Å²) in [6.45, 7) is 4.06. The minimum atomic E-state index is -0.836. The standard InChI is InChI=1S/C11H15BrO2/c1-11(2,13)10-6-9(12)5-4-8(10)7-14-3/h4-6,13H,7H2,1-3H3. The highest BCUT2D eigenvalue weighted by molar-refractivity contribution is 9.10. The fourth-order valence-electron chi connectivity index (χ4n) is 1.40. The van der Waals surface area contributed by atoms with E-state index in [1.54, 1.807) is 21.0 Å². The van der Waals surface area contributed by atoms with E-state index >= 15 is 0 Å². The van der Waals surface area contributed by atoms with Crippen molar-refractivity contribution in [2.75, 3.05) is 7.11 Å². The number of methoxy groups -OCH3 is 1. The summed E-state index contributed by atoms with van der Waals surface area (Å²) in [5.41, 5.74) is 1.08. The van der Waals surface area contributed by atoms with Crippen molar-refractivity contribution in [3.05, 3.63) is 33.8 Å². The van der Waals surface area contributed by atoms with Crippen molar-refractivity contribution in [1.82, 2.24) is 0 Å². The van der Waals surface area contributed by atoms with Gasteiger partial charge in [0, 0.05) is 11.6 Å². The number of ether oxygens (including phenoxy) is 1. The van der Waals surface area contributed by atoms with E-state index in [-0.39, 0.29) is 0 Å². The molecule has 3 heteroatoms. The maximum absolute atomic E-state index is 9.94. The zero-order valence-corrected chi connectivity index (χ0v) is 10.3. The lowest BCUT2D eigenvalue weighted by Gasteiger charge is -2.21. The Labute approximate surface area is 93.0 Å². The number of aliphatic hydroxyl groups is 1. The molecule has 0 radical (unpaired) electrons. The maximum Gasteiger partial charge on any atom is 0.0844 e. The first kappa shape index (κ1) is 11.7. The van der Waals surface area contributed by atoms with Gasteiger partial charge in [-0.05, 0) is 37.1 Å². The highest BCUT2D eigenvalue weighted by Gasteiger charge is 2.19. The van der Waals surface area contributed by atoms with Crippen LogP contribution in [-0.4, -0.2) is 12.2 Å². The second kappa shape index (κ2) is 4.43. The molecule has 1 N–H and O–H groups in total. The molecule has 0 atom stereocenters. The van der Waals surface area contributed by atoms with Crippen LogP contribution in [0.2, 0.25) is 0 Å². The van der Waals surface area contributed by atoms with E-state index in [0.717, 1.165) is 15.6 Å². The zero-order chi connectivity index (χ0) is 10.8. The van der Waals surface area contributed by atoms with Crippen molar-refractivity contribution < 1.29 is 9.84 Å². The Morgan fingerprint density at radius 3 is 2.57 bits per heavy atom. The number of rotatable bonds is 3. The fraction of sp³-hybridized carbons (Fsp3) is 0.455. The maximum atomic E-state index is 9.94. The quantitative estimate of drug-likeness (QED) is 0.904. The van der Waals surface area contributed by atoms with Crippen molar-refractivity contribution in [2.24, 2.45) is 0 Å². The molecule has 0 aromatic heterocycles. The van der Waals surface area contributed by atoms with Gasteiger partial charge in [-0.1, -0.05) is 22.0 Å². The van der Waals surface area contributed by atoms with Crippen LogP contribution in [0.25, 0.3) is 0 Å². The molecule has 0 aliphatic heterocycles. The van der Waals surface area contributed by atoms with Crippen molar-refractivity contribution >= 4 is 15.9 Å². The number of hydrogen-bond donors (Lipinski definition) is 1. The molecule has 14 heavy (non-hydrogen) atoms. The van der Waals surface area contributed by atoms with Crippen LogP contribution < -0.4 is 0 Å².